The first-order chi connectivity index (χ1) is 6.93. The van der Waals surface area contributed by atoms with Gasteiger partial charge in [0.15, 0.2) is 0 Å². The van der Waals surface area contributed by atoms with E-state index in [1.165, 1.54) is 0 Å². The van der Waals surface area contributed by atoms with Crippen molar-refractivity contribution in [2.75, 3.05) is 14.1 Å². The fourth-order valence-electron chi connectivity index (χ4n) is 1.34. The minimum Gasteiger partial charge on any atom is -0.758 e. The average Bonchev–Trinajstić information content (AvgIpc) is 2.42. The van der Waals surface area contributed by atoms with Gasteiger partial charge in [-0.1, -0.05) is 5.03 Å². The Kier molecular flexibility index (Phi) is 3.65. The van der Waals surface area contributed by atoms with Gasteiger partial charge in [0, 0.05) is 19.2 Å². The summed E-state index contributed by atoms with van der Waals surface area (Å²) < 4.78 is 1.77. The number of aryl methyl sites for hydroxylation is 1. The van der Waals surface area contributed by atoms with Gasteiger partial charge in [-0.05, 0) is 14.1 Å². The van der Waals surface area contributed by atoms with Crippen LogP contribution in [0, 0.1) is 0 Å². The van der Waals surface area contributed by atoms with Gasteiger partial charge < -0.3 is 22.3 Å². The van der Waals surface area contributed by atoms with Crippen molar-refractivity contribution < 1.29 is 9.90 Å². The van der Waals surface area contributed by atoms with E-state index < -0.39 is 12.0 Å². The number of likely N-dealkylation sites (N-methyl/N-ethyl adjacent to an activating group) is 1. The fraction of sp³-hybridized carbons (Fsp3) is 0.556. The summed E-state index contributed by atoms with van der Waals surface area (Å²) in [5.41, 5.74) is 0.783. The molecule has 0 saturated carbocycles. The Morgan fingerprint density at radius 1 is 1.73 bits per heavy atom. The summed E-state index contributed by atoms with van der Waals surface area (Å²) in [5.74, 6) is -0.851. The van der Waals surface area contributed by atoms with Gasteiger partial charge in [0.25, 0.3) is 0 Å². The summed E-state index contributed by atoms with van der Waals surface area (Å²) in [6.07, 6.45) is 1.98. The average molecular weight is 228 g/mol. The SMILES string of the molecule is CN(C)C(Cc1c([S-])ncn1C)C(=O)O. The zero-order valence-electron chi connectivity index (χ0n) is 8.97. The number of hydrogen-bond acceptors (Lipinski definition) is 4. The van der Waals surface area contributed by atoms with E-state index in [-0.39, 0.29) is 0 Å². The lowest BCUT2D eigenvalue weighted by atomic mass is 10.1. The summed E-state index contributed by atoms with van der Waals surface area (Å²) in [4.78, 5) is 16.6. The number of rotatable bonds is 4. The molecule has 1 rings (SSSR count). The molecule has 0 aliphatic rings. The molecule has 0 aromatic carbocycles. The van der Waals surface area contributed by atoms with Gasteiger partial charge in [0.05, 0.1) is 6.33 Å². The number of aromatic nitrogens is 2. The maximum absolute atomic E-state index is 11.0. The normalized spacial score (nSPS) is 13.1. The second-order valence-corrected chi connectivity index (χ2v) is 4.02. The molecule has 1 aromatic rings. The van der Waals surface area contributed by atoms with Crippen molar-refractivity contribution in [3.8, 4) is 0 Å². The molecule has 0 bridgehead atoms. The summed E-state index contributed by atoms with van der Waals surface area (Å²) in [5, 5.41) is 9.50. The molecule has 1 atom stereocenters. The Labute approximate surface area is 94.1 Å². The largest absolute Gasteiger partial charge is 0.758 e. The minimum absolute atomic E-state index is 0.373. The number of nitrogens with zero attached hydrogens (tertiary/aromatic N) is 3. The molecule has 0 aliphatic carbocycles. The molecule has 84 valence electrons. The van der Waals surface area contributed by atoms with Crippen LogP contribution in [0.15, 0.2) is 11.4 Å². The van der Waals surface area contributed by atoms with Crippen molar-refractivity contribution in [2.24, 2.45) is 7.05 Å². The van der Waals surface area contributed by atoms with E-state index in [0.29, 0.717) is 11.4 Å². The van der Waals surface area contributed by atoms with E-state index in [1.807, 2.05) is 7.05 Å². The summed E-state index contributed by atoms with van der Waals surface area (Å²) in [6.45, 7) is 0. The van der Waals surface area contributed by atoms with Crippen LogP contribution in [0.1, 0.15) is 5.69 Å². The van der Waals surface area contributed by atoms with Gasteiger partial charge in [-0.15, -0.1) is 0 Å². The zero-order chi connectivity index (χ0) is 11.6. The summed E-state index contributed by atoms with van der Waals surface area (Å²) >= 11 is 5.02. The second kappa shape index (κ2) is 4.59. The van der Waals surface area contributed by atoms with Crippen LogP contribution in [-0.2, 0) is 30.9 Å². The first-order valence-corrected chi connectivity index (χ1v) is 4.90. The second-order valence-electron chi connectivity index (χ2n) is 3.63. The molecule has 0 spiro atoms. The highest BCUT2D eigenvalue weighted by molar-refractivity contribution is 7.58. The number of imidazole rings is 1. The molecule has 0 fully saturated rings. The van der Waals surface area contributed by atoms with Crippen LogP contribution < -0.4 is 0 Å². The van der Waals surface area contributed by atoms with Gasteiger partial charge in [0.1, 0.15) is 6.04 Å². The van der Waals surface area contributed by atoms with E-state index in [4.69, 9.17) is 17.7 Å². The predicted octanol–water partition coefficient (Wildman–Crippen LogP) is -0.117. The number of hydrogen-bond donors (Lipinski definition) is 1. The van der Waals surface area contributed by atoms with E-state index in [0.717, 1.165) is 5.69 Å². The van der Waals surface area contributed by atoms with Crippen LogP contribution >= 0.6 is 0 Å². The topological polar surface area (TPSA) is 58.4 Å². The van der Waals surface area contributed by atoms with Crippen LogP contribution in [0.5, 0.6) is 0 Å². The van der Waals surface area contributed by atoms with Crippen LogP contribution in [0.4, 0.5) is 0 Å². The Hall–Kier alpha value is -1.14. The number of carbonyl (C=O) groups is 1. The molecule has 15 heavy (non-hydrogen) atoms. The molecule has 1 unspecified atom stereocenters. The molecular weight excluding hydrogens is 214 g/mol. The molecule has 0 aliphatic heterocycles. The lowest BCUT2D eigenvalue weighted by Crippen LogP contribution is -2.38. The van der Waals surface area contributed by atoms with Crippen molar-refractivity contribution in [3.63, 3.8) is 0 Å². The van der Waals surface area contributed by atoms with Crippen molar-refractivity contribution in [1.82, 2.24) is 14.5 Å². The molecule has 6 heteroatoms. The van der Waals surface area contributed by atoms with Gasteiger partial charge in [-0.2, -0.15) is 0 Å². The highest BCUT2D eigenvalue weighted by atomic mass is 32.1. The quantitative estimate of drug-likeness (QED) is 0.728. The van der Waals surface area contributed by atoms with E-state index >= 15 is 0 Å². The fourth-order valence-corrected chi connectivity index (χ4v) is 1.61. The zero-order valence-corrected chi connectivity index (χ0v) is 9.78. The van der Waals surface area contributed by atoms with Crippen molar-refractivity contribution in [3.05, 3.63) is 12.0 Å². The van der Waals surface area contributed by atoms with Crippen LogP contribution in [0.25, 0.3) is 0 Å². The molecule has 0 radical (unpaired) electrons. The predicted molar refractivity (Wildman–Crippen MR) is 57.7 cm³/mol. The molecule has 0 amide bonds. The minimum atomic E-state index is -0.851. The summed E-state index contributed by atoms with van der Waals surface area (Å²) in [6, 6.07) is -0.568. The van der Waals surface area contributed by atoms with Crippen LogP contribution in [-0.4, -0.2) is 45.7 Å². The molecular formula is C9H14N3O2S-. The number of carboxylic acid groups (broad SMARTS) is 1. The smallest absolute Gasteiger partial charge is 0.321 e. The van der Waals surface area contributed by atoms with Crippen molar-refractivity contribution >= 4 is 18.6 Å². The highest BCUT2D eigenvalue weighted by Crippen LogP contribution is 2.10. The Morgan fingerprint density at radius 3 is 2.67 bits per heavy atom. The maximum atomic E-state index is 11.0. The van der Waals surface area contributed by atoms with Crippen molar-refractivity contribution in [2.45, 2.75) is 17.5 Å². The first-order valence-electron chi connectivity index (χ1n) is 4.50. The van der Waals surface area contributed by atoms with Crippen LogP contribution in [0.2, 0.25) is 0 Å². The Balaban J connectivity index is 2.88. The first kappa shape index (κ1) is 11.9. The van der Waals surface area contributed by atoms with Gasteiger partial charge in [-0.3, -0.25) is 14.7 Å². The lowest BCUT2D eigenvalue weighted by molar-refractivity contribution is -0.142. The molecule has 0 saturated heterocycles. The van der Waals surface area contributed by atoms with Gasteiger partial charge in [-0.25, -0.2) is 0 Å². The van der Waals surface area contributed by atoms with Gasteiger partial charge in [0.2, 0.25) is 0 Å². The molecule has 1 heterocycles. The Bertz CT molecular complexity index is 343. The number of aliphatic carboxylic acids is 1. The molecule has 1 N–H and O–H groups in total. The third-order valence-corrected chi connectivity index (χ3v) is 2.66. The highest BCUT2D eigenvalue weighted by Gasteiger charge is 2.21. The van der Waals surface area contributed by atoms with Crippen molar-refractivity contribution in [1.29, 1.82) is 0 Å². The summed E-state index contributed by atoms with van der Waals surface area (Å²) in [7, 11) is 5.28. The van der Waals surface area contributed by atoms with Gasteiger partial charge >= 0.3 is 5.97 Å². The monoisotopic (exact) mass is 228 g/mol. The maximum Gasteiger partial charge on any atom is 0.321 e. The molecule has 1 aromatic heterocycles. The lowest BCUT2D eigenvalue weighted by Gasteiger charge is -2.21. The van der Waals surface area contributed by atoms with E-state index in [2.05, 4.69) is 4.98 Å². The standard InChI is InChI=1S/C9H15N3O2S/c1-11(2)7(9(13)14)4-6-8(15)10-5-12(6)3/h5,7,15H,4H2,1-3H3,(H,13,14)/p-1. The van der Waals surface area contributed by atoms with E-state index in [9.17, 15) is 4.79 Å². The number of carboxylic acids is 1. The third-order valence-electron chi connectivity index (χ3n) is 2.32. The molecule has 5 nitrogen and oxygen atoms in total. The third kappa shape index (κ3) is 2.66. The van der Waals surface area contributed by atoms with Crippen LogP contribution in [0.3, 0.4) is 0 Å². The van der Waals surface area contributed by atoms with E-state index in [1.54, 1.807) is 29.9 Å². The Morgan fingerprint density at radius 2 is 2.33 bits per heavy atom.